The second kappa shape index (κ2) is 18.9. The molecule has 0 aromatic rings. The molecule has 0 nitrogen and oxygen atoms in total. The summed E-state index contributed by atoms with van der Waals surface area (Å²) in [5.74, 6) is 2.11. The van der Waals surface area contributed by atoms with Crippen LogP contribution >= 0.6 is 0 Å². The second-order valence-electron chi connectivity index (χ2n) is 9.65. The molecule has 0 radical (unpaired) electrons. The number of allylic oxidation sites excluding steroid dienone is 8. The quantitative estimate of drug-likeness (QED) is 0.220. The molecule has 0 aliphatic heterocycles. The first-order valence-corrected chi connectivity index (χ1v) is 12.7. The SMILES string of the molecule is C=C(/C=C\C(=C)C(=C)/C(F)=C\C(=C)C(C)CCC(C)C(C)CCC(C)CC)CC.CCC. The van der Waals surface area contributed by atoms with Crippen LogP contribution in [-0.4, -0.2) is 0 Å². The van der Waals surface area contributed by atoms with E-state index in [1.807, 2.05) is 13.0 Å². The van der Waals surface area contributed by atoms with E-state index in [-0.39, 0.29) is 11.7 Å². The third-order valence-electron chi connectivity index (χ3n) is 6.43. The average Bonchev–Trinajstić information content (AvgIpc) is 2.77. The van der Waals surface area contributed by atoms with E-state index in [2.05, 4.69) is 74.8 Å². The largest absolute Gasteiger partial charge is 0.206 e. The Morgan fingerprint density at radius 1 is 0.781 bits per heavy atom. The molecule has 0 N–H and O–H groups in total. The Morgan fingerprint density at radius 3 is 1.75 bits per heavy atom. The monoisotopic (exact) mass is 444 g/mol. The van der Waals surface area contributed by atoms with Gasteiger partial charge in [0, 0.05) is 5.57 Å². The van der Waals surface area contributed by atoms with E-state index >= 15 is 0 Å². The molecule has 0 bridgehead atoms. The van der Waals surface area contributed by atoms with Gasteiger partial charge in [-0.25, -0.2) is 4.39 Å². The van der Waals surface area contributed by atoms with Crippen LogP contribution < -0.4 is 0 Å². The molecule has 4 atom stereocenters. The van der Waals surface area contributed by atoms with Crippen molar-refractivity contribution in [3.8, 4) is 0 Å². The van der Waals surface area contributed by atoms with Crippen LogP contribution in [0.3, 0.4) is 0 Å². The Kier molecular flexibility index (Phi) is 19.2. The molecule has 0 amide bonds. The molecule has 0 aromatic heterocycles. The zero-order valence-electron chi connectivity index (χ0n) is 22.7. The second-order valence-corrected chi connectivity index (χ2v) is 9.65. The van der Waals surface area contributed by atoms with Crippen LogP contribution in [-0.2, 0) is 0 Å². The van der Waals surface area contributed by atoms with Gasteiger partial charge in [0.15, 0.2) is 0 Å². The van der Waals surface area contributed by atoms with Crippen molar-refractivity contribution in [3.63, 3.8) is 0 Å². The van der Waals surface area contributed by atoms with Crippen LogP contribution in [0.4, 0.5) is 4.39 Å². The first-order valence-electron chi connectivity index (χ1n) is 12.7. The van der Waals surface area contributed by atoms with E-state index in [0.717, 1.165) is 42.2 Å². The minimum Gasteiger partial charge on any atom is -0.206 e. The van der Waals surface area contributed by atoms with Gasteiger partial charge in [-0.1, -0.05) is 125 Å². The number of hydrogen-bond donors (Lipinski definition) is 0. The predicted molar refractivity (Wildman–Crippen MR) is 147 cm³/mol. The summed E-state index contributed by atoms with van der Waals surface area (Å²) in [4.78, 5) is 0. The summed E-state index contributed by atoms with van der Waals surface area (Å²) < 4.78 is 14.6. The van der Waals surface area contributed by atoms with Crippen molar-refractivity contribution in [1.82, 2.24) is 0 Å². The number of rotatable bonds is 15. The highest BCUT2D eigenvalue weighted by molar-refractivity contribution is 5.48. The van der Waals surface area contributed by atoms with Gasteiger partial charge in [0.05, 0.1) is 0 Å². The molecule has 0 saturated heterocycles. The Balaban J connectivity index is 0. The maximum Gasteiger partial charge on any atom is 0.130 e. The van der Waals surface area contributed by atoms with Gasteiger partial charge in [-0.2, -0.15) is 0 Å². The Morgan fingerprint density at radius 2 is 1.28 bits per heavy atom. The van der Waals surface area contributed by atoms with Crippen molar-refractivity contribution in [2.24, 2.45) is 23.7 Å². The Bertz CT molecular complexity index is 631. The van der Waals surface area contributed by atoms with E-state index in [4.69, 9.17) is 0 Å². The summed E-state index contributed by atoms with van der Waals surface area (Å²) in [6.07, 6.45) is 13.3. The van der Waals surface area contributed by atoms with Crippen LogP contribution in [0.25, 0.3) is 0 Å². The number of hydrogen-bond acceptors (Lipinski definition) is 0. The lowest BCUT2D eigenvalue weighted by molar-refractivity contribution is 0.301. The van der Waals surface area contributed by atoms with E-state index < -0.39 is 0 Å². The molecular formula is C31H53F. The molecule has 32 heavy (non-hydrogen) atoms. The fourth-order valence-electron chi connectivity index (χ4n) is 3.00. The standard InChI is InChI=1S/C28H45F.C3H8/c1-11-20(3)13-15-22(5)23(6)17-18-24(7)26(9)19-28(29)27(10)25(8)16-14-21(4)12-2;1-3-2/h14,16,19-20,22-24H,4,8-13,15,17-18H2,1-3,5-7H3;3H2,1-2H3/b16-14-,28-19+;. The summed E-state index contributed by atoms with van der Waals surface area (Å²) in [5.41, 5.74) is 2.68. The summed E-state index contributed by atoms with van der Waals surface area (Å²) >= 11 is 0. The summed E-state index contributed by atoms with van der Waals surface area (Å²) in [6.45, 7) is 33.5. The van der Waals surface area contributed by atoms with E-state index in [9.17, 15) is 4.39 Å². The predicted octanol–water partition coefficient (Wildman–Crippen LogP) is 11.0. The molecule has 4 unspecified atom stereocenters. The van der Waals surface area contributed by atoms with Gasteiger partial charge in [0.1, 0.15) is 5.83 Å². The molecular weight excluding hydrogens is 391 g/mol. The van der Waals surface area contributed by atoms with Crippen molar-refractivity contribution in [2.45, 2.75) is 100 Å². The molecule has 0 rings (SSSR count). The maximum absolute atomic E-state index is 14.6. The smallest absolute Gasteiger partial charge is 0.130 e. The third-order valence-corrected chi connectivity index (χ3v) is 6.43. The van der Waals surface area contributed by atoms with Gasteiger partial charge in [-0.15, -0.1) is 0 Å². The normalized spacial score (nSPS) is 15.3. The number of halogens is 1. The van der Waals surface area contributed by atoms with Crippen LogP contribution in [0.1, 0.15) is 100 Å². The Hall–Kier alpha value is -1.63. The van der Waals surface area contributed by atoms with Gasteiger partial charge >= 0.3 is 0 Å². The van der Waals surface area contributed by atoms with E-state index in [1.165, 1.54) is 31.8 Å². The van der Waals surface area contributed by atoms with Crippen LogP contribution in [0, 0.1) is 23.7 Å². The van der Waals surface area contributed by atoms with Gasteiger partial charge < -0.3 is 0 Å². The molecule has 0 aliphatic carbocycles. The molecule has 0 saturated carbocycles. The first-order chi connectivity index (χ1) is 14.9. The molecule has 0 heterocycles. The third kappa shape index (κ3) is 15.2. The zero-order valence-corrected chi connectivity index (χ0v) is 22.7. The van der Waals surface area contributed by atoms with Crippen molar-refractivity contribution in [1.29, 1.82) is 0 Å². The van der Waals surface area contributed by atoms with Gasteiger partial charge in [0.2, 0.25) is 0 Å². The van der Waals surface area contributed by atoms with Crippen LogP contribution in [0.5, 0.6) is 0 Å². The highest BCUT2D eigenvalue weighted by Gasteiger charge is 2.16. The van der Waals surface area contributed by atoms with Gasteiger partial charge in [-0.05, 0) is 60.2 Å². The molecule has 0 aliphatic rings. The summed E-state index contributed by atoms with van der Waals surface area (Å²) in [5, 5.41) is 0. The van der Waals surface area contributed by atoms with Gasteiger partial charge in [0.25, 0.3) is 0 Å². The zero-order chi connectivity index (χ0) is 25.3. The minimum absolute atomic E-state index is 0.251. The van der Waals surface area contributed by atoms with Crippen molar-refractivity contribution >= 4 is 0 Å². The van der Waals surface area contributed by atoms with E-state index in [0.29, 0.717) is 17.1 Å². The fourth-order valence-corrected chi connectivity index (χ4v) is 3.00. The highest BCUT2D eigenvalue weighted by Crippen LogP contribution is 2.29. The lowest BCUT2D eigenvalue weighted by atomic mass is 9.83. The van der Waals surface area contributed by atoms with Crippen molar-refractivity contribution < 1.29 is 4.39 Å². The maximum atomic E-state index is 14.6. The molecule has 0 spiro atoms. The summed E-state index contributed by atoms with van der Waals surface area (Å²) in [6, 6.07) is 0. The molecule has 0 aromatic carbocycles. The van der Waals surface area contributed by atoms with Gasteiger partial charge in [-0.3, -0.25) is 0 Å². The average molecular weight is 445 g/mol. The van der Waals surface area contributed by atoms with Crippen molar-refractivity contribution in [2.75, 3.05) is 0 Å². The summed E-state index contributed by atoms with van der Waals surface area (Å²) in [7, 11) is 0. The highest BCUT2D eigenvalue weighted by atomic mass is 19.1. The lowest BCUT2D eigenvalue weighted by Gasteiger charge is -2.23. The lowest BCUT2D eigenvalue weighted by Crippen LogP contribution is -2.11. The first kappa shape index (κ1) is 32.5. The molecule has 0 fully saturated rings. The molecule has 184 valence electrons. The minimum atomic E-state index is -0.353. The van der Waals surface area contributed by atoms with Crippen molar-refractivity contribution in [3.05, 3.63) is 72.7 Å². The van der Waals surface area contributed by atoms with Crippen LogP contribution in [0.15, 0.2) is 72.7 Å². The Labute approximate surface area is 201 Å². The topological polar surface area (TPSA) is 0 Å². The molecule has 1 heteroatoms. The van der Waals surface area contributed by atoms with E-state index in [1.54, 1.807) is 6.08 Å². The fraction of sp³-hybridized carbons (Fsp3) is 0.613. The van der Waals surface area contributed by atoms with Crippen LogP contribution in [0.2, 0.25) is 0 Å².